The van der Waals surface area contributed by atoms with Crippen molar-refractivity contribution in [1.29, 1.82) is 0 Å². The number of aryl methyl sites for hydroxylation is 1. The fraction of sp³-hybridized carbons (Fsp3) is 0.250. The van der Waals surface area contributed by atoms with E-state index in [0.29, 0.717) is 0 Å². The maximum absolute atomic E-state index is 5.24. The van der Waals surface area contributed by atoms with Gasteiger partial charge in [0.1, 0.15) is 5.75 Å². The molecule has 0 aliphatic carbocycles. The molecule has 0 unspecified atom stereocenters. The Labute approximate surface area is 109 Å². The van der Waals surface area contributed by atoms with E-state index in [1.807, 2.05) is 6.07 Å². The van der Waals surface area contributed by atoms with Gasteiger partial charge in [-0.15, -0.1) is 0 Å². The summed E-state index contributed by atoms with van der Waals surface area (Å²) < 4.78 is 5.24. The smallest absolute Gasteiger partial charge is 0.119 e. The summed E-state index contributed by atoms with van der Waals surface area (Å²) in [6.45, 7) is 2.11. The highest BCUT2D eigenvalue weighted by Crippen LogP contribution is 2.29. The summed E-state index contributed by atoms with van der Waals surface area (Å²) in [7, 11) is 5.81. The Morgan fingerprint density at radius 3 is 2.39 bits per heavy atom. The molecule has 2 aromatic carbocycles. The topological polar surface area (TPSA) is 12.5 Å². The van der Waals surface area contributed by atoms with Crippen LogP contribution in [0.25, 0.3) is 11.1 Å². The molecule has 0 atom stereocenters. The third-order valence-electron chi connectivity index (χ3n) is 3.11. The minimum absolute atomic E-state index is 0.903. The van der Waals surface area contributed by atoms with Crippen molar-refractivity contribution in [2.45, 2.75) is 6.92 Å². The highest BCUT2D eigenvalue weighted by molar-refractivity contribution is 5.71. The quantitative estimate of drug-likeness (QED) is 0.811. The first-order valence-corrected chi connectivity index (χ1v) is 6.04. The first kappa shape index (κ1) is 12.5. The zero-order valence-corrected chi connectivity index (χ0v) is 11.4. The van der Waals surface area contributed by atoms with Gasteiger partial charge in [-0.1, -0.05) is 18.2 Å². The van der Waals surface area contributed by atoms with Crippen LogP contribution in [0, 0.1) is 6.92 Å². The standard InChI is InChI=1S/C16H19NO/c1-12-10-15(18-4)8-9-16(12)13-6-5-7-14(11-13)17(2)3/h5-11H,1-4H3. The van der Waals surface area contributed by atoms with Crippen LogP contribution in [0.2, 0.25) is 0 Å². The lowest BCUT2D eigenvalue weighted by Crippen LogP contribution is -2.08. The second-order valence-corrected chi connectivity index (χ2v) is 4.63. The van der Waals surface area contributed by atoms with Gasteiger partial charge in [0, 0.05) is 19.8 Å². The van der Waals surface area contributed by atoms with E-state index in [0.717, 1.165) is 5.75 Å². The van der Waals surface area contributed by atoms with E-state index < -0.39 is 0 Å². The molecule has 0 bridgehead atoms. The molecule has 0 heterocycles. The van der Waals surface area contributed by atoms with Crippen molar-refractivity contribution in [1.82, 2.24) is 0 Å². The molecule has 0 radical (unpaired) electrons. The molecule has 0 aliphatic rings. The predicted octanol–water partition coefficient (Wildman–Crippen LogP) is 3.74. The molecule has 94 valence electrons. The molecule has 0 N–H and O–H groups in total. The molecule has 0 aromatic heterocycles. The highest BCUT2D eigenvalue weighted by Gasteiger charge is 2.05. The molecule has 0 spiro atoms. The zero-order valence-electron chi connectivity index (χ0n) is 11.4. The number of benzene rings is 2. The summed E-state index contributed by atoms with van der Waals surface area (Å²) in [5.41, 5.74) is 4.92. The van der Waals surface area contributed by atoms with Crippen molar-refractivity contribution in [3.63, 3.8) is 0 Å². The fourth-order valence-corrected chi connectivity index (χ4v) is 2.04. The number of ether oxygens (including phenoxy) is 1. The number of hydrogen-bond donors (Lipinski definition) is 0. The van der Waals surface area contributed by atoms with Gasteiger partial charge in [-0.05, 0) is 47.9 Å². The maximum Gasteiger partial charge on any atom is 0.119 e. The highest BCUT2D eigenvalue weighted by atomic mass is 16.5. The zero-order chi connectivity index (χ0) is 13.1. The number of anilines is 1. The average molecular weight is 241 g/mol. The Morgan fingerprint density at radius 2 is 1.78 bits per heavy atom. The summed E-state index contributed by atoms with van der Waals surface area (Å²) >= 11 is 0. The Hall–Kier alpha value is -1.96. The number of hydrogen-bond acceptors (Lipinski definition) is 2. The first-order valence-electron chi connectivity index (χ1n) is 6.04. The van der Waals surface area contributed by atoms with Gasteiger partial charge in [-0.3, -0.25) is 0 Å². The van der Waals surface area contributed by atoms with E-state index in [1.165, 1.54) is 22.4 Å². The van der Waals surface area contributed by atoms with Crippen LogP contribution >= 0.6 is 0 Å². The van der Waals surface area contributed by atoms with E-state index in [9.17, 15) is 0 Å². The van der Waals surface area contributed by atoms with Gasteiger partial charge in [0.05, 0.1) is 7.11 Å². The van der Waals surface area contributed by atoms with Crippen LogP contribution in [-0.2, 0) is 0 Å². The van der Waals surface area contributed by atoms with E-state index in [4.69, 9.17) is 4.74 Å². The Morgan fingerprint density at radius 1 is 1.00 bits per heavy atom. The third-order valence-corrected chi connectivity index (χ3v) is 3.11. The normalized spacial score (nSPS) is 10.2. The molecule has 18 heavy (non-hydrogen) atoms. The first-order chi connectivity index (χ1) is 8.61. The minimum Gasteiger partial charge on any atom is -0.497 e. The third kappa shape index (κ3) is 2.48. The van der Waals surface area contributed by atoms with Crippen molar-refractivity contribution in [3.05, 3.63) is 48.0 Å². The van der Waals surface area contributed by atoms with Gasteiger partial charge < -0.3 is 9.64 Å². The van der Waals surface area contributed by atoms with Gasteiger partial charge in [-0.25, -0.2) is 0 Å². The second-order valence-electron chi connectivity index (χ2n) is 4.63. The molecule has 0 saturated heterocycles. The van der Waals surface area contributed by atoms with Crippen LogP contribution < -0.4 is 9.64 Å². The fourth-order valence-electron chi connectivity index (χ4n) is 2.04. The van der Waals surface area contributed by atoms with Gasteiger partial charge in [0.15, 0.2) is 0 Å². The number of nitrogens with zero attached hydrogens (tertiary/aromatic N) is 1. The Balaban J connectivity index is 2.45. The minimum atomic E-state index is 0.903. The van der Waals surface area contributed by atoms with Crippen LogP contribution in [-0.4, -0.2) is 21.2 Å². The summed E-state index contributed by atoms with van der Waals surface area (Å²) in [6.07, 6.45) is 0. The molecule has 0 fully saturated rings. The summed E-state index contributed by atoms with van der Waals surface area (Å²) in [5, 5.41) is 0. The van der Waals surface area contributed by atoms with Gasteiger partial charge in [0.2, 0.25) is 0 Å². The van der Waals surface area contributed by atoms with Crippen LogP contribution in [0.3, 0.4) is 0 Å². The molecule has 2 heteroatoms. The van der Waals surface area contributed by atoms with Crippen molar-refractivity contribution in [3.8, 4) is 16.9 Å². The molecular formula is C16H19NO. The van der Waals surface area contributed by atoms with Gasteiger partial charge >= 0.3 is 0 Å². The largest absolute Gasteiger partial charge is 0.497 e. The lowest BCUT2D eigenvalue weighted by atomic mass is 10.00. The molecule has 0 aliphatic heterocycles. The molecular weight excluding hydrogens is 222 g/mol. The predicted molar refractivity (Wildman–Crippen MR) is 77.5 cm³/mol. The summed E-state index contributed by atoms with van der Waals surface area (Å²) in [4.78, 5) is 2.11. The Bertz CT molecular complexity index is 547. The molecule has 2 aromatic rings. The summed E-state index contributed by atoms with van der Waals surface area (Å²) in [5.74, 6) is 0.903. The van der Waals surface area contributed by atoms with E-state index >= 15 is 0 Å². The lowest BCUT2D eigenvalue weighted by Gasteiger charge is -2.15. The van der Waals surface area contributed by atoms with Crippen LogP contribution in [0.4, 0.5) is 5.69 Å². The molecule has 2 nitrogen and oxygen atoms in total. The van der Waals surface area contributed by atoms with Crippen molar-refractivity contribution < 1.29 is 4.74 Å². The summed E-state index contributed by atoms with van der Waals surface area (Å²) in [6, 6.07) is 14.7. The second kappa shape index (κ2) is 5.13. The number of rotatable bonds is 3. The van der Waals surface area contributed by atoms with Crippen LogP contribution in [0.1, 0.15) is 5.56 Å². The monoisotopic (exact) mass is 241 g/mol. The average Bonchev–Trinajstić information content (AvgIpc) is 2.38. The molecule has 0 amide bonds. The lowest BCUT2D eigenvalue weighted by molar-refractivity contribution is 0.414. The Kier molecular flexibility index (Phi) is 3.56. The van der Waals surface area contributed by atoms with E-state index in [-0.39, 0.29) is 0 Å². The van der Waals surface area contributed by atoms with Gasteiger partial charge in [0.25, 0.3) is 0 Å². The molecule has 0 saturated carbocycles. The van der Waals surface area contributed by atoms with Gasteiger partial charge in [-0.2, -0.15) is 0 Å². The molecule has 2 rings (SSSR count). The van der Waals surface area contributed by atoms with E-state index in [2.05, 4.69) is 62.3 Å². The van der Waals surface area contributed by atoms with Crippen molar-refractivity contribution in [2.75, 3.05) is 26.1 Å². The maximum atomic E-state index is 5.24. The number of methoxy groups -OCH3 is 1. The van der Waals surface area contributed by atoms with Crippen molar-refractivity contribution in [2.24, 2.45) is 0 Å². The van der Waals surface area contributed by atoms with Crippen LogP contribution in [0.15, 0.2) is 42.5 Å². The van der Waals surface area contributed by atoms with E-state index in [1.54, 1.807) is 7.11 Å². The van der Waals surface area contributed by atoms with Crippen molar-refractivity contribution >= 4 is 5.69 Å². The SMILES string of the molecule is COc1ccc(-c2cccc(N(C)C)c2)c(C)c1. The van der Waals surface area contributed by atoms with Crippen LogP contribution in [0.5, 0.6) is 5.75 Å².